The maximum atomic E-state index is 5.32. The number of hydrogen-bond donors (Lipinski definition) is 1. The first-order valence-corrected chi connectivity index (χ1v) is 3.86. The third kappa shape index (κ3) is 2.11. The molecule has 0 aromatic carbocycles. The van der Waals surface area contributed by atoms with E-state index in [1.807, 2.05) is 11.4 Å². The number of rotatable bonds is 3. The van der Waals surface area contributed by atoms with E-state index in [2.05, 4.69) is 4.37 Å². The first-order chi connectivity index (χ1) is 4.43. The predicted octanol–water partition coefficient (Wildman–Crippen LogP) is 1.03. The lowest BCUT2D eigenvalue weighted by Gasteiger charge is -1.89. The van der Waals surface area contributed by atoms with Gasteiger partial charge in [-0.15, -0.1) is 0 Å². The first-order valence-electron chi connectivity index (χ1n) is 3.03. The fraction of sp³-hybridized carbons (Fsp3) is 0.500. The van der Waals surface area contributed by atoms with E-state index in [0.717, 1.165) is 19.4 Å². The zero-order chi connectivity index (χ0) is 6.53. The first kappa shape index (κ1) is 6.71. The summed E-state index contributed by atoms with van der Waals surface area (Å²) >= 11 is 1.50. The van der Waals surface area contributed by atoms with Crippen molar-refractivity contribution in [2.45, 2.75) is 12.8 Å². The van der Waals surface area contributed by atoms with Gasteiger partial charge in [-0.05, 0) is 37.0 Å². The van der Waals surface area contributed by atoms with Gasteiger partial charge in [0.05, 0.1) is 5.69 Å². The summed E-state index contributed by atoms with van der Waals surface area (Å²) in [5.74, 6) is 0. The lowest BCUT2D eigenvalue weighted by molar-refractivity contribution is 0.820. The Morgan fingerprint density at radius 3 is 3.11 bits per heavy atom. The molecule has 0 radical (unpaired) electrons. The average molecular weight is 142 g/mol. The lowest BCUT2D eigenvalue weighted by Crippen LogP contribution is -1.99. The van der Waals surface area contributed by atoms with Crippen LogP contribution >= 0.6 is 11.5 Å². The summed E-state index contributed by atoms with van der Waals surface area (Å²) in [5, 5.41) is 1.99. The normalized spacial score (nSPS) is 9.89. The zero-order valence-corrected chi connectivity index (χ0v) is 6.03. The molecule has 1 rings (SSSR count). The molecule has 50 valence electrons. The molecule has 0 aliphatic heterocycles. The van der Waals surface area contributed by atoms with E-state index in [4.69, 9.17) is 5.73 Å². The van der Waals surface area contributed by atoms with Gasteiger partial charge in [-0.3, -0.25) is 0 Å². The van der Waals surface area contributed by atoms with E-state index in [1.165, 1.54) is 17.2 Å². The smallest absolute Gasteiger partial charge is 0.0542 e. The van der Waals surface area contributed by atoms with Crippen molar-refractivity contribution in [2.75, 3.05) is 6.54 Å². The Kier molecular flexibility index (Phi) is 2.67. The Morgan fingerprint density at radius 1 is 1.67 bits per heavy atom. The van der Waals surface area contributed by atoms with Crippen molar-refractivity contribution in [1.82, 2.24) is 4.37 Å². The minimum absolute atomic E-state index is 0.761. The van der Waals surface area contributed by atoms with Gasteiger partial charge in [0.1, 0.15) is 0 Å². The quantitative estimate of drug-likeness (QED) is 0.684. The molecule has 0 bridgehead atoms. The number of hydrogen-bond acceptors (Lipinski definition) is 3. The largest absolute Gasteiger partial charge is 0.330 e. The maximum absolute atomic E-state index is 5.32. The van der Waals surface area contributed by atoms with Crippen LogP contribution in [-0.4, -0.2) is 10.9 Å². The van der Waals surface area contributed by atoms with Gasteiger partial charge in [-0.1, -0.05) is 0 Å². The van der Waals surface area contributed by atoms with Crippen molar-refractivity contribution in [3.63, 3.8) is 0 Å². The van der Waals surface area contributed by atoms with Crippen LogP contribution in [0.1, 0.15) is 12.1 Å². The highest BCUT2D eigenvalue weighted by molar-refractivity contribution is 7.03. The van der Waals surface area contributed by atoms with Crippen LogP contribution in [-0.2, 0) is 6.42 Å². The van der Waals surface area contributed by atoms with Crippen LogP contribution in [0.3, 0.4) is 0 Å². The van der Waals surface area contributed by atoms with E-state index < -0.39 is 0 Å². The van der Waals surface area contributed by atoms with Crippen LogP contribution in [0.2, 0.25) is 0 Å². The molecule has 0 saturated carbocycles. The molecule has 1 aromatic heterocycles. The highest BCUT2D eigenvalue weighted by atomic mass is 32.1. The van der Waals surface area contributed by atoms with Crippen molar-refractivity contribution in [3.05, 3.63) is 17.1 Å². The standard InChI is InChI=1S/C6H10N2S/c7-4-1-2-6-3-5-9-8-6/h3,5H,1-2,4,7H2. The van der Waals surface area contributed by atoms with Gasteiger partial charge < -0.3 is 5.73 Å². The summed E-state index contributed by atoms with van der Waals surface area (Å²) in [5.41, 5.74) is 6.49. The molecule has 0 aliphatic rings. The van der Waals surface area contributed by atoms with E-state index in [0.29, 0.717) is 0 Å². The molecule has 0 aliphatic carbocycles. The van der Waals surface area contributed by atoms with Crippen LogP contribution in [0, 0.1) is 0 Å². The molecule has 2 N–H and O–H groups in total. The average Bonchev–Trinajstić information content (AvgIpc) is 2.34. The number of nitrogens with zero attached hydrogens (tertiary/aromatic N) is 1. The van der Waals surface area contributed by atoms with Crippen molar-refractivity contribution in [3.8, 4) is 0 Å². The lowest BCUT2D eigenvalue weighted by atomic mass is 10.2. The Balaban J connectivity index is 2.30. The van der Waals surface area contributed by atoms with Gasteiger partial charge in [-0.2, -0.15) is 4.37 Å². The van der Waals surface area contributed by atoms with E-state index in [1.54, 1.807) is 0 Å². The molecule has 0 unspecified atom stereocenters. The predicted molar refractivity (Wildman–Crippen MR) is 39.5 cm³/mol. The fourth-order valence-corrected chi connectivity index (χ4v) is 1.22. The van der Waals surface area contributed by atoms with Crippen LogP contribution in [0.5, 0.6) is 0 Å². The number of aryl methyl sites for hydroxylation is 1. The summed E-state index contributed by atoms with van der Waals surface area (Å²) in [6.45, 7) is 0.761. The van der Waals surface area contributed by atoms with Gasteiger partial charge in [-0.25, -0.2) is 0 Å². The molecule has 9 heavy (non-hydrogen) atoms. The molecule has 2 nitrogen and oxygen atoms in total. The van der Waals surface area contributed by atoms with Crippen LogP contribution in [0.4, 0.5) is 0 Å². The zero-order valence-electron chi connectivity index (χ0n) is 5.21. The second-order valence-corrected chi connectivity index (χ2v) is 2.55. The SMILES string of the molecule is NCCCc1ccsn1. The molecule has 3 heteroatoms. The molecule has 0 amide bonds. The van der Waals surface area contributed by atoms with E-state index in [9.17, 15) is 0 Å². The Bertz CT molecular complexity index is 148. The van der Waals surface area contributed by atoms with Crippen molar-refractivity contribution in [1.29, 1.82) is 0 Å². The van der Waals surface area contributed by atoms with Gasteiger partial charge in [0.25, 0.3) is 0 Å². The molecule has 0 saturated heterocycles. The highest BCUT2D eigenvalue weighted by Crippen LogP contribution is 2.01. The summed E-state index contributed by atoms with van der Waals surface area (Å²) in [4.78, 5) is 0. The second-order valence-electron chi connectivity index (χ2n) is 1.88. The Morgan fingerprint density at radius 2 is 2.56 bits per heavy atom. The topological polar surface area (TPSA) is 38.9 Å². The molecule has 0 fully saturated rings. The summed E-state index contributed by atoms with van der Waals surface area (Å²) in [7, 11) is 0. The Hall–Kier alpha value is -0.410. The molecular formula is C6H10N2S. The van der Waals surface area contributed by atoms with Gasteiger partial charge in [0.15, 0.2) is 0 Å². The van der Waals surface area contributed by atoms with Gasteiger partial charge >= 0.3 is 0 Å². The maximum Gasteiger partial charge on any atom is 0.0542 e. The molecule has 1 heterocycles. The van der Waals surface area contributed by atoms with Gasteiger partial charge in [0, 0.05) is 5.38 Å². The van der Waals surface area contributed by atoms with E-state index in [-0.39, 0.29) is 0 Å². The highest BCUT2D eigenvalue weighted by Gasteiger charge is 1.91. The van der Waals surface area contributed by atoms with Crippen LogP contribution < -0.4 is 5.73 Å². The summed E-state index contributed by atoms with van der Waals surface area (Å²) in [6, 6.07) is 2.04. The minimum atomic E-state index is 0.761. The summed E-state index contributed by atoms with van der Waals surface area (Å²) < 4.78 is 4.14. The number of aromatic nitrogens is 1. The molecular weight excluding hydrogens is 132 g/mol. The number of nitrogens with two attached hydrogens (primary N) is 1. The van der Waals surface area contributed by atoms with Gasteiger partial charge in [0.2, 0.25) is 0 Å². The monoisotopic (exact) mass is 142 g/mol. The van der Waals surface area contributed by atoms with Crippen molar-refractivity contribution < 1.29 is 0 Å². The Labute approximate surface area is 58.9 Å². The van der Waals surface area contributed by atoms with E-state index >= 15 is 0 Å². The van der Waals surface area contributed by atoms with Crippen LogP contribution in [0.25, 0.3) is 0 Å². The molecule has 1 aromatic rings. The fourth-order valence-electron chi connectivity index (χ4n) is 0.650. The van der Waals surface area contributed by atoms with Crippen molar-refractivity contribution in [2.24, 2.45) is 5.73 Å². The minimum Gasteiger partial charge on any atom is -0.330 e. The second kappa shape index (κ2) is 3.58. The third-order valence-corrected chi connectivity index (χ3v) is 1.73. The summed E-state index contributed by atoms with van der Waals surface area (Å²) in [6.07, 6.45) is 2.07. The third-order valence-electron chi connectivity index (χ3n) is 1.13. The van der Waals surface area contributed by atoms with Crippen LogP contribution in [0.15, 0.2) is 11.4 Å². The molecule has 0 spiro atoms. The van der Waals surface area contributed by atoms with Crippen molar-refractivity contribution >= 4 is 11.5 Å². The molecule has 0 atom stereocenters.